The number of rotatable bonds is 10. The van der Waals surface area contributed by atoms with Gasteiger partial charge in [-0.1, -0.05) is 30.3 Å². The minimum Gasteiger partial charge on any atom is -0.376 e. The lowest BCUT2D eigenvalue weighted by Gasteiger charge is -2.14. The van der Waals surface area contributed by atoms with Gasteiger partial charge in [-0.15, -0.1) is 10.2 Å². The zero-order chi connectivity index (χ0) is 20.5. The average Bonchev–Trinajstić information content (AvgIpc) is 3.21. The van der Waals surface area contributed by atoms with E-state index in [1.165, 1.54) is 0 Å². The summed E-state index contributed by atoms with van der Waals surface area (Å²) in [7, 11) is 1.81. The number of aromatic amines is 1. The normalized spacial score (nSPS) is 11.8. The second kappa shape index (κ2) is 10.3. The largest absolute Gasteiger partial charge is 0.376 e. The summed E-state index contributed by atoms with van der Waals surface area (Å²) in [6.45, 7) is 2.71. The van der Waals surface area contributed by atoms with Gasteiger partial charge in [-0.05, 0) is 12.5 Å². The van der Waals surface area contributed by atoms with Gasteiger partial charge in [0, 0.05) is 38.8 Å². The number of anilines is 1. The molecule has 0 radical (unpaired) electrons. The Balaban J connectivity index is 1.40. The SMILES string of the molecule is CNc1nccnc1CC(C)OCCNC(=O)c1nnc(Cc2ccccc2)[nH]1. The van der Waals surface area contributed by atoms with Gasteiger partial charge in [0.15, 0.2) is 0 Å². The molecule has 9 nitrogen and oxygen atoms in total. The maximum absolute atomic E-state index is 12.2. The first-order chi connectivity index (χ1) is 14.2. The molecule has 0 saturated carbocycles. The maximum atomic E-state index is 12.2. The third-order valence-corrected chi connectivity index (χ3v) is 4.24. The fraction of sp³-hybridized carbons (Fsp3) is 0.350. The number of aromatic nitrogens is 5. The fourth-order valence-electron chi connectivity index (χ4n) is 2.83. The Morgan fingerprint density at radius 1 is 1.17 bits per heavy atom. The van der Waals surface area contributed by atoms with Crippen LogP contribution in [0.25, 0.3) is 0 Å². The summed E-state index contributed by atoms with van der Waals surface area (Å²) < 4.78 is 5.76. The van der Waals surface area contributed by atoms with E-state index >= 15 is 0 Å². The minimum absolute atomic E-state index is 0.0570. The summed E-state index contributed by atoms with van der Waals surface area (Å²) in [5, 5.41) is 13.8. The standard InChI is InChI=1S/C20H25N7O2/c1-14(12-16-18(21-2)23-9-8-22-16)29-11-10-24-20(28)19-25-17(26-27-19)13-15-6-4-3-5-7-15/h3-9,14H,10-13H2,1-2H3,(H,21,23)(H,24,28)(H,25,26,27). The molecule has 0 bridgehead atoms. The molecule has 1 atom stereocenters. The summed E-state index contributed by atoms with van der Waals surface area (Å²) in [6, 6.07) is 9.88. The van der Waals surface area contributed by atoms with Gasteiger partial charge in [0.25, 0.3) is 5.91 Å². The van der Waals surface area contributed by atoms with Crippen LogP contribution in [0.1, 0.15) is 34.6 Å². The highest BCUT2D eigenvalue weighted by Gasteiger charge is 2.13. The van der Waals surface area contributed by atoms with Crippen LogP contribution in [0.5, 0.6) is 0 Å². The Bertz CT molecular complexity index is 914. The molecule has 2 heterocycles. The minimum atomic E-state index is -0.306. The van der Waals surface area contributed by atoms with Crippen LogP contribution < -0.4 is 10.6 Å². The molecule has 0 aliphatic heterocycles. The Hall–Kier alpha value is -3.33. The van der Waals surface area contributed by atoms with Crippen LogP contribution in [-0.4, -0.2) is 57.4 Å². The third-order valence-electron chi connectivity index (χ3n) is 4.24. The Morgan fingerprint density at radius 3 is 2.76 bits per heavy atom. The first-order valence-corrected chi connectivity index (χ1v) is 9.48. The predicted octanol–water partition coefficient (Wildman–Crippen LogP) is 1.60. The van der Waals surface area contributed by atoms with Crippen LogP contribution in [0, 0.1) is 0 Å². The number of amides is 1. The van der Waals surface area contributed by atoms with E-state index < -0.39 is 0 Å². The predicted molar refractivity (Wildman–Crippen MR) is 109 cm³/mol. The summed E-state index contributed by atoms with van der Waals surface area (Å²) in [5.74, 6) is 1.28. The van der Waals surface area contributed by atoms with Crippen molar-refractivity contribution in [1.82, 2.24) is 30.5 Å². The molecule has 0 saturated heterocycles. The lowest BCUT2D eigenvalue weighted by molar-refractivity contribution is 0.0643. The van der Waals surface area contributed by atoms with Gasteiger partial charge in [0.1, 0.15) is 11.6 Å². The van der Waals surface area contributed by atoms with Crippen molar-refractivity contribution in [2.45, 2.75) is 25.9 Å². The molecule has 2 aromatic heterocycles. The first-order valence-electron chi connectivity index (χ1n) is 9.48. The van der Waals surface area contributed by atoms with Crippen molar-refractivity contribution in [3.05, 3.63) is 65.6 Å². The second-order valence-electron chi connectivity index (χ2n) is 6.53. The van der Waals surface area contributed by atoms with Crippen molar-refractivity contribution in [2.24, 2.45) is 0 Å². The molecule has 0 aliphatic carbocycles. The summed E-state index contributed by atoms with van der Waals surface area (Å²) in [5.41, 5.74) is 1.95. The molecule has 0 fully saturated rings. The van der Waals surface area contributed by atoms with E-state index in [1.54, 1.807) is 12.4 Å². The molecule has 29 heavy (non-hydrogen) atoms. The number of benzene rings is 1. The van der Waals surface area contributed by atoms with E-state index in [0.29, 0.717) is 31.8 Å². The van der Waals surface area contributed by atoms with E-state index in [4.69, 9.17) is 4.74 Å². The Labute approximate surface area is 169 Å². The molecule has 0 spiro atoms. The van der Waals surface area contributed by atoms with Crippen LogP contribution in [0.15, 0.2) is 42.7 Å². The van der Waals surface area contributed by atoms with Crippen molar-refractivity contribution in [2.75, 3.05) is 25.5 Å². The van der Waals surface area contributed by atoms with Crippen LogP contribution in [0.4, 0.5) is 5.82 Å². The monoisotopic (exact) mass is 395 g/mol. The topological polar surface area (TPSA) is 118 Å². The molecule has 0 aliphatic rings. The number of nitrogens with one attached hydrogen (secondary N) is 3. The van der Waals surface area contributed by atoms with Crippen LogP contribution in [-0.2, 0) is 17.6 Å². The molecule has 9 heteroatoms. The number of nitrogens with zero attached hydrogens (tertiary/aromatic N) is 4. The van der Waals surface area contributed by atoms with Crippen molar-refractivity contribution >= 4 is 11.7 Å². The van der Waals surface area contributed by atoms with Gasteiger partial charge in [-0.25, -0.2) is 4.98 Å². The van der Waals surface area contributed by atoms with E-state index in [9.17, 15) is 4.79 Å². The van der Waals surface area contributed by atoms with Gasteiger partial charge in [-0.3, -0.25) is 9.78 Å². The van der Waals surface area contributed by atoms with Gasteiger partial charge in [0.2, 0.25) is 5.82 Å². The summed E-state index contributed by atoms with van der Waals surface area (Å²) in [4.78, 5) is 23.7. The van der Waals surface area contributed by atoms with Gasteiger partial charge in [-0.2, -0.15) is 0 Å². The van der Waals surface area contributed by atoms with E-state index in [0.717, 1.165) is 17.1 Å². The zero-order valence-electron chi connectivity index (χ0n) is 16.6. The van der Waals surface area contributed by atoms with Crippen LogP contribution >= 0.6 is 0 Å². The molecule has 1 unspecified atom stereocenters. The van der Waals surface area contributed by atoms with Gasteiger partial charge < -0.3 is 20.4 Å². The molecular weight excluding hydrogens is 370 g/mol. The lowest BCUT2D eigenvalue weighted by atomic mass is 10.1. The summed E-state index contributed by atoms with van der Waals surface area (Å²) >= 11 is 0. The number of carbonyl (C=O) groups excluding carboxylic acids is 1. The quantitative estimate of drug-likeness (QED) is 0.446. The molecule has 3 aromatic rings. The number of H-pyrrole nitrogens is 1. The highest BCUT2D eigenvalue weighted by atomic mass is 16.5. The number of ether oxygens (including phenoxy) is 1. The molecule has 3 rings (SSSR count). The highest BCUT2D eigenvalue weighted by molar-refractivity contribution is 5.90. The number of hydrogen-bond donors (Lipinski definition) is 3. The number of hydrogen-bond acceptors (Lipinski definition) is 7. The van der Waals surface area contributed by atoms with Crippen LogP contribution in [0.2, 0.25) is 0 Å². The van der Waals surface area contributed by atoms with E-state index in [1.807, 2.05) is 44.3 Å². The number of carbonyl (C=O) groups is 1. The molecule has 1 aromatic carbocycles. The molecular formula is C20H25N7O2. The smallest absolute Gasteiger partial charge is 0.289 e. The van der Waals surface area contributed by atoms with Crippen LogP contribution in [0.3, 0.4) is 0 Å². The Kier molecular flexibility index (Phi) is 7.23. The fourth-order valence-corrected chi connectivity index (χ4v) is 2.83. The second-order valence-corrected chi connectivity index (χ2v) is 6.53. The lowest BCUT2D eigenvalue weighted by Crippen LogP contribution is -2.29. The Morgan fingerprint density at radius 2 is 1.97 bits per heavy atom. The molecule has 1 amide bonds. The van der Waals surface area contributed by atoms with Gasteiger partial charge >= 0.3 is 0 Å². The van der Waals surface area contributed by atoms with Crippen molar-refractivity contribution < 1.29 is 9.53 Å². The van der Waals surface area contributed by atoms with Crippen molar-refractivity contribution in [3.8, 4) is 0 Å². The third kappa shape index (κ3) is 6.08. The van der Waals surface area contributed by atoms with Gasteiger partial charge in [0.05, 0.1) is 18.4 Å². The van der Waals surface area contributed by atoms with Crippen molar-refractivity contribution in [1.29, 1.82) is 0 Å². The summed E-state index contributed by atoms with van der Waals surface area (Å²) in [6.07, 6.45) is 4.47. The van der Waals surface area contributed by atoms with Crippen molar-refractivity contribution in [3.63, 3.8) is 0 Å². The zero-order valence-corrected chi connectivity index (χ0v) is 16.6. The first kappa shape index (κ1) is 20.4. The average molecular weight is 395 g/mol. The molecule has 152 valence electrons. The maximum Gasteiger partial charge on any atom is 0.289 e. The van der Waals surface area contributed by atoms with E-state index in [2.05, 4.69) is 35.8 Å². The van der Waals surface area contributed by atoms with E-state index in [-0.39, 0.29) is 17.8 Å². The highest BCUT2D eigenvalue weighted by Crippen LogP contribution is 2.11. The molecule has 3 N–H and O–H groups in total.